The molecule has 0 aromatic heterocycles. The molecular formula is C11H12N2O2. The first-order valence-electron chi connectivity index (χ1n) is 4.40. The summed E-state index contributed by atoms with van der Waals surface area (Å²) in [6, 6.07) is 9.10. The Balaban J connectivity index is 2.98. The number of carbonyl (C=O) groups is 2. The predicted octanol–water partition coefficient (Wildman–Crippen LogP) is 0.601. The Bertz CT molecular complexity index is 383. The first-order chi connectivity index (χ1) is 7.15. The van der Waals surface area contributed by atoms with Crippen molar-refractivity contribution in [1.82, 2.24) is 5.01 Å². The van der Waals surface area contributed by atoms with E-state index in [-0.39, 0.29) is 5.57 Å². The second-order valence-corrected chi connectivity index (χ2v) is 3.04. The molecule has 1 aromatic rings. The Morgan fingerprint density at radius 3 is 2.40 bits per heavy atom. The summed E-state index contributed by atoms with van der Waals surface area (Å²) >= 11 is 0. The number of aldehydes is 1. The zero-order chi connectivity index (χ0) is 11.3. The molecule has 0 saturated carbocycles. The van der Waals surface area contributed by atoms with Crippen molar-refractivity contribution in [2.24, 2.45) is 5.84 Å². The number of rotatable bonds is 3. The van der Waals surface area contributed by atoms with Crippen molar-refractivity contribution in [2.45, 2.75) is 0 Å². The molecule has 0 aliphatic carbocycles. The summed E-state index contributed by atoms with van der Waals surface area (Å²) in [6.45, 7) is 0. The van der Waals surface area contributed by atoms with E-state index < -0.39 is 5.91 Å². The Hall–Kier alpha value is -1.94. The summed E-state index contributed by atoms with van der Waals surface area (Å²) in [7, 11) is 1.39. The molecule has 15 heavy (non-hydrogen) atoms. The van der Waals surface area contributed by atoms with E-state index in [1.54, 1.807) is 12.1 Å². The molecule has 1 aromatic carbocycles. The van der Waals surface area contributed by atoms with Gasteiger partial charge < -0.3 is 0 Å². The van der Waals surface area contributed by atoms with Gasteiger partial charge in [-0.1, -0.05) is 30.3 Å². The van der Waals surface area contributed by atoms with Gasteiger partial charge in [-0.25, -0.2) is 5.84 Å². The lowest BCUT2D eigenvalue weighted by molar-refractivity contribution is -0.127. The van der Waals surface area contributed by atoms with E-state index in [4.69, 9.17) is 5.84 Å². The highest BCUT2D eigenvalue weighted by Gasteiger charge is 2.10. The van der Waals surface area contributed by atoms with E-state index in [0.29, 0.717) is 6.29 Å². The van der Waals surface area contributed by atoms with Gasteiger partial charge in [0.2, 0.25) is 0 Å². The van der Waals surface area contributed by atoms with E-state index in [0.717, 1.165) is 10.6 Å². The molecule has 0 aliphatic heterocycles. The minimum atomic E-state index is -0.506. The highest BCUT2D eigenvalue weighted by Crippen LogP contribution is 2.06. The van der Waals surface area contributed by atoms with Gasteiger partial charge in [-0.3, -0.25) is 14.6 Å². The van der Waals surface area contributed by atoms with Crippen molar-refractivity contribution in [2.75, 3.05) is 7.05 Å². The third-order valence-electron chi connectivity index (χ3n) is 1.82. The van der Waals surface area contributed by atoms with Gasteiger partial charge in [-0.2, -0.15) is 0 Å². The monoisotopic (exact) mass is 204 g/mol. The number of nitrogens with two attached hydrogens (primary N) is 1. The highest BCUT2D eigenvalue weighted by atomic mass is 16.2. The van der Waals surface area contributed by atoms with Crippen molar-refractivity contribution < 1.29 is 9.59 Å². The van der Waals surface area contributed by atoms with Gasteiger partial charge in [0.25, 0.3) is 5.91 Å². The molecule has 4 heteroatoms. The number of amides is 1. The summed E-state index contributed by atoms with van der Waals surface area (Å²) in [4.78, 5) is 22.1. The first kappa shape index (κ1) is 11.1. The average molecular weight is 204 g/mol. The molecule has 0 bridgehead atoms. The van der Waals surface area contributed by atoms with Crippen molar-refractivity contribution in [3.63, 3.8) is 0 Å². The van der Waals surface area contributed by atoms with Crippen LogP contribution in [0.3, 0.4) is 0 Å². The molecule has 1 rings (SSSR count). The number of carbonyl (C=O) groups excluding carboxylic acids is 2. The predicted molar refractivity (Wildman–Crippen MR) is 57.4 cm³/mol. The van der Waals surface area contributed by atoms with Crippen molar-refractivity contribution in [3.05, 3.63) is 41.5 Å². The summed E-state index contributed by atoms with van der Waals surface area (Å²) in [5, 5.41) is 0.878. The lowest BCUT2D eigenvalue weighted by Crippen LogP contribution is -2.34. The Labute approximate surface area is 88.0 Å². The summed E-state index contributed by atoms with van der Waals surface area (Å²) in [5.41, 5.74) is 0.820. The SMILES string of the molecule is CN(N)C(=O)C(C=O)=Cc1ccccc1. The van der Waals surface area contributed by atoms with Crippen molar-refractivity contribution in [1.29, 1.82) is 0 Å². The van der Waals surface area contributed by atoms with E-state index in [1.807, 2.05) is 18.2 Å². The maximum Gasteiger partial charge on any atom is 0.270 e. The smallest absolute Gasteiger partial charge is 0.270 e. The molecule has 78 valence electrons. The molecule has 2 N–H and O–H groups in total. The molecule has 4 nitrogen and oxygen atoms in total. The lowest BCUT2D eigenvalue weighted by Gasteiger charge is -2.08. The second-order valence-electron chi connectivity index (χ2n) is 3.04. The molecule has 0 fully saturated rings. The minimum absolute atomic E-state index is 0.0335. The molecule has 0 spiro atoms. The molecule has 0 atom stereocenters. The maximum absolute atomic E-state index is 11.4. The van der Waals surface area contributed by atoms with Gasteiger partial charge in [-0.15, -0.1) is 0 Å². The zero-order valence-electron chi connectivity index (χ0n) is 8.38. The fourth-order valence-electron chi connectivity index (χ4n) is 1.08. The zero-order valence-corrected chi connectivity index (χ0v) is 8.38. The van der Waals surface area contributed by atoms with Crippen LogP contribution in [0.4, 0.5) is 0 Å². The number of likely N-dealkylation sites (N-methyl/N-ethyl adjacent to an activating group) is 1. The largest absolute Gasteiger partial charge is 0.298 e. The van der Waals surface area contributed by atoms with Crippen molar-refractivity contribution in [3.8, 4) is 0 Å². The van der Waals surface area contributed by atoms with Gasteiger partial charge in [-0.05, 0) is 11.6 Å². The van der Waals surface area contributed by atoms with E-state index >= 15 is 0 Å². The molecule has 0 radical (unpaired) electrons. The number of hydrazine groups is 1. The van der Waals surface area contributed by atoms with E-state index in [1.165, 1.54) is 13.1 Å². The summed E-state index contributed by atoms with van der Waals surface area (Å²) < 4.78 is 0. The van der Waals surface area contributed by atoms with Crippen LogP contribution in [-0.4, -0.2) is 24.2 Å². The third-order valence-corrected chi connectivity index (χ3v) is 1.82. The van der Waals surface area contributed by atoms with Gasteiger partial charge in [0.05, 0.1) is 5.57 Å². The molecule has 0 heterocycles. The Morgan fingerprint density at radius 2 is 1.93 bits per heavy atom. The van der Waals surface area contributed by atoms with Crippen LogP contribution in [0, 0.1) is 0 Å². The van der Waals surface area contributed by atoms with Gasteiger partial charge in [0, 0.05) is 7.05 Å². The third kappa shape index (κ3) is 3.03. The molecule has 0 saturated heterocycles. The van der Waals surface area contributed by atoms with E-state index in [2.05, 4.69) is 0 Å². The minimum Gasteiger partial charge on any atom is -0.298 e. The molecule has 0 unspecified atom stereocenters. The quantitative estimate of drug-likeness (QED) is 0.149. The fraction of sp³-hybridized carbons (Fsp3) is 0.0909. The molecular weight excluding hydrogens is 192 g/mol. The number of benzene rings is 1. The average Bonchev–Trinajstić information content (AvgIpc) is 2.26. The van der Waals surface area contributed by atoms with Gasteiger partial charge >= 0.3 is 0 Å². The van der Waals surface area contributed by atoms with Crippen LogP contribution in [-0.2, 0) is 9.59 Å². The van der Waals surface area contributed by atoms with Crippen LogP contribution in [0.2, 0.25) is 0 Å². The van der Waals surface area contributed by atoms with Gasteiger partial charge in [0.15, 0.2) is 6.29 Å². The van der Waals surface area contributed by atoms with Crippen LogP contribution < -0.4 is 5.84 Å². The summed E-state index contributed by atoms with van der Waals surface area (Å²) in [6.07, 6.45) is 2.00. The second kappa shape index (κ2) is 5.07. The van der Waals surface area contributed by atoms with Crippen LogP contribution in [0.1, 0.15) is 5.56 Å². The standard InChI is InChI=1S/C11H12N2O2/c1-13(12)11(15)10(8-14)7-9-5-3-2-4-6-9/h2-8H,12H2,1H3. The fourth-order valence-corrected chi connectivity index (χ4v) is 1.08. The Kier molecular flexibility index (Phi) is 3.76. The normalized spacial score (nSPS) is 10.9. The number of nitrogens with zero attached hydrogens (tertiary/aromatic N) is 1. The van der Waals surface area contributed by atoms with Crippen LogP contribution >= 0.6 is 0 Å². The maximum atomic E-state index is 11.4. The Morgan fingerprint density at radius 1 is 1.33 bits per heavy atom. The van der Waals surface area contributed by atoms with Gasteiger partial charge in [0.1, 0.15) is 0 Å². The van der Waals surface area contributed by atoms with Crippen LogP contribution in [0.25, 0.3) is 6.08 Å². The lowest BCUT2D eigenvalue weighted by atomic mass is 10.1. The first-order valence-corrected chi connectivity index (χ1v) is 4.40. The van der Waals surface area contributed by atoms with E-state index in [9.17, 15) is 9.59 Å². The van der Waals surface area contributed by atoms with Crippen LogP contribution in [0.5, 0.6) is 0 Å². The topological polar surface area (TPSA) is 63.4 Å². The molecule has 1 amide bonds. The number of hydrogen-bond donors (Lipinski definition) is 1. The van der Waals surface area contributed by atoms with Crippen molar-refractivity contribution >= 4 is 18.3 Å². The summed E-state index contributed by atoms with van der Waals surface area (Å²) in [5.74, 6) is 4.74. The van der Waals surface area contributed by atoms with Crippen LogP contribution in [0.15, 0.2) is 35.9 Å². The number of hydrogen-bond acceptors (Lipinski definition) is 3. The highest BCUT2D eigenvalue weighted by molar-refractivity contribution is 6.14. The molecule has 0 aliphatic rings.